The Hall–Kier alpha value is -0.934. The van der Waals surface area contributed by atoms with Gasteiger partial charge in [0.25, 0.3) is 5.78 Å². The molecule has 0 fully saturated rings. The number of rotatable bonds is 3. The first-order valence-corrected chi connectivity index (χ1v) is 8.40. The molecule has 0 saturated carbocycles. The molecule has 0 aliphatic carbocycles. The zero-order chi connectivity index (χ0) is 16.8. The molecule has 0 spiro atoms. The Morgan fingerprint density at radius 2 is 1.48 bits per heavy atom. The fraction of sp³-hybridized carbons (Fsp3) is 0.500. The summed E-state index contributed by atoms with van der Waals surface area (Å²) in [6.07, 6.45) is -10.2. The van der Waals surface area contributed by atoms with Gasteiger partial charge in [0.1, 0.15) is 0 Å². The second-order valence-electron chi connectivity index (χ2n) is 4.29. The van der Waals surface area contributed by atoms with E-state index in [1.165, 1.54) is 6.26 Å². The van der Waals surface area contributed by atoms with Crippen molar-refractivity contribution in [1.29, 1.82) is 0 Å². The van der Waals surface area contributed by atoms with Crippen molar-refractivity contribution >= 4 is 14.1 Å². The summed E-state index contributed by atoms with van der Waals surface area (Å²) in [6.45, 7) is 9.82. The molecule has 0 heterocycles. The molecule has 129 valence electrons. The molecule has 0 aromatic heterocycles. The van der Waals surface area contributed by atoms with Crippen LogP contribution in [0.4, 0.5) is 26.3 Å². The van der Waals surface area contributed by atoms with Crippen LogP contribution in [0.2, 0.25) is 19.6 Å². The zero-order valence-electron chi connectivity index (χ0n) is 11.2. The summed E-state index contributed by atoms with van der Waals surface area (Å²) in [6, 6.07) is 0. The molecule has 3 nitrogen and oxygen atoms in total. The minimum atomic E-state index is -5.42. The van der Waals surface area contributed by atoms with Crippen molar-refractivity contribution < 1.29 is 57.7 Å². The molecule has 0 aliphatic heterocycles. The largest absolute Gasteiger partial charge is 0.550 e. The van der Waals surface area contributed by atoms with E-state index < -0.39 is 38.3 Å². The Kier molecular flexibility index (Phi) is 10.9. The molecule has 0 saturated heterocycles. The average molecular weight is 388 g/mol. The van der Waals surface area contributed by atoms with Gasteiger partial charge in [-0.1, -0.05) is 6.58 Å². The van der Waals surface area contributed by atoms with Crippen LogP contribution < -0.4 is 0 Å². The molecule has 0 aliphatic rings. The van der Waals surface area contributed by atoms with Crippen LogP contribution in [0.15, 0.2) is 24.7 Å². The van der Waals surface area contributed by atoms with Gasteiger partial charge in [-0.2, -0.15) is 26.3 Å². The molecule has 0 aromatic carbocycles. The number of alkyl halides is 6. The first-order chi connectivity index (χ1) is 8.61. The fourth-order valence-electron chi connectivity index (χ4n) is 0.538. The Morgan fingerprint density at radius 1 is 1.10 bits per heavy atom. The number of hydrogen-bond donors (Lipinski definition) is 1. The van der Waals surface area contributed by atoms with Crippen molar-refractivity contribution in [1.82, 2.24) is 0 Å². The van der Waals surface area contributed by atoms with Crippen LogP contribution in [0.3, 0.4) is 0 Å². The molecule has 0 unspecified atom stereocenters. The zero-order valence-corrected chi connectivity index (χ0v) is 13.1. The van der Waals surface area contributed by atoms with Crippen LogP contribution in [0, 0.1) is 0 Å². The van der Waals surface area contributed by atoms with Crippen molar-refractivity contribution in [3.8, 4) is 0 Å². The SMILES string of the molecule is C=CO[Si](C)(C)C.O=C(/C=C(\O)C(F)(F)F)C(F)(F)F.[Cu]. The second kappa shape index (κ2) is 9.16. The van der Waals surface area contributed by atoms with Gasteiger partial charge in [0, 0.05) is 23.1 Å². The van der Waals surface area contributed by atoms with E-state index in [0.29, 0.717) is 0 Å². The van der Waals surface area contributed by atoms with E-state index in [1.807, 2.05) is 0 Å². The summed E-state index contributed by atoms with van der Waals surface area (Å²) in [4.78, 5) is 9.86. The molecule has 1 N–H and O–H groups in total. The maximum absolute atomic E-state index is 11.4. The smallest absolute Gasteiger partial charge is 0.454 e. The third-order valence-corrected chi connectivity index (χ3v) is 2.15. The standard InChI is InChI=1S/C5H2F6O2.C5H12OSi.Cu/c6-4(7,8)2(12)1-3(13)5(9,10)11;1-5-6-7(2,3)4;/h1,12H;5H,1H2,2-4H3;/b2-1-;;. The van der Waals surface area contributed by atoms with Crippen LogP contribution in [0.1, 0.15) is 0 Å². The van der Waals surface area contributed by atoms with Crippen LogP contribution in [0.5, 0.6) is 0 Å². The third kappa shape index (κ3) is 15.3. The van der Waals surface area contributed by atoms with Gasteiger partial charge in [-0.05, 0) is 19.6 Å². The van der Waals surface area contributed by atoms with Gasteiger partial charge >= 0.3 is 12.4 Å². The van der Waals surface area contributed by atoms with Crippen molar-refractivity contribution in [3.05, 3.63) is 24.7 Å². The summed E-state index contributed by atoms with van der Waals surface area (Å²) in [7, 11) is -1.28. The van der Waals surface area contributed by atoms with E-state index in [9.17, 15) is 31.1 Å². The maximum atomic E-state index is 11.4. The first kappa shape index (κ1) is 25.0. The van der Waals surface area contributed by atoms with Gasteiger partial charge in [-0.25, -0.2) is 0 Å². The number of aliphatic hydroxyl groups excluding tert-OH is 1. The second-order valence-corrected chi connectivity index (χ2v) is 8.75. The Morgan fingerprint density at radius 3 is 1.62 bits per heavy atom. The quantitative estimate of drug-likeness (QED) is 0.343. The van der Waals surface area contributed by atoms with Crippen LogP contribution in [-0.4, -0.2) is 31.6 Å². The van der Waals surface area contributed by atoms with Gasteiger partial charge in [0.05, 0.1) is 6.26 Å². The molecule has 0 atom stereocenters. The third-order valence-electron chi connectivity index (χ3n) is 1.27. The van der Waals surface area contributed by atoms with Crippen LogP contribution in [-0.2, 0) is 26.3 Å². The van der Waals surface area contributed by atoms with Gasteiger partial charge in [0.15, 0.2) is 0 Å². The average Bonchev–Trinajstić information content (AvgIpc) is 2.13. The van der Waals surface area contributed by atoms with E-state index in [4.69, 9.17) is 9.53 Å². The maximum Gasteiger partial charge on any atom is 0.454 e. The molecular formula is C10H14CuF6O3Si. The predicted molar refractivity (Wildman–Crippen MR) is 62.5 cm³/mol. The summed E-state index contributed by atoms with van der Waals surface area (Å²) in [5, 5.41) is 7.93. The Labute approximate surface area is 129 Å². The van der Waals surface area contributed by atoms with Crippen molar-refractivity contribution in [2.75, 3.05) is 0 Å². The number of hydrogen-bond acceptors (Lipinski definition) is 3. The molecule has 0 bridgehead atoms. The van der Waals surface area contributed by atoms with Crippen molar-refractivity contribution in [2.24, 2.45) is 0 Å². The van der Waals surface area contributed by atoms with E-state index >= 15 is 0 Å². The van der Waals surface area contributed by atoms with Crippen molar-refractivity contribution in [3.63, 3.8) is 0 Å². The van der Waals surface area contributed by atoms with Gasteiger partial charge in [-0.15, -0.1) is 0 Å². The molecule has 0 aromatic rings. The minimum absolute atomic E-state index is 0. The molecule has 0 amide bonds. The van der Waals surface area contributed by atoms with Gasteiger partial charge in [-0.3, -0.25) is 4.79 Å². The topological polar surface area (TPSA) is 46.5 Å². The number of aliphatic hydroxyl groups is 1. The Balaban J connectivity index is -0.000000347. The van der Waals surface area contributed by atoms with Gasteiger partial charge in [0.2, 0.25) is 14.1 Å². The van der Waals surface area contributed by atoms with Crippen molar-refractivity contribution in [2.45, 2.75) is 32.0 Å². The number of allylic oxidation sites excluding steroid dienone is 2. The van der Waals surface area contributed by atoms with E-state index in [0.717, 1.165) is 0 Å². The van der Waals surface area contributed by atoms with Gasteiger partial charge < -0.3 is 9.53 Å². The number of ketones is 1. The molecule has 21 heavy (non-hydrogen) atoms. The summed E-state index contributed by atoms with van der Waals surface area (Å²) >= 11 is 0. The molecule has 0 rings (SSSR count). The first-order valence-electron chi connectivity index (χ1n) is 4.99. The fourth-order valence-corrected chi connectivity index (χ4v) is 1.04. The summed E-state index contributed by atoms with van der Waals surface area (Å²) in [5.41, 5.74) is 0. The van der Waals surface area contributed by atoms with E-state index in [1.54, 1.807) is 0 Å². The van der Waals surface area contributed by atoms with Crippen LogP contribution >= 0.6 is 0 Å². The monoisotopic (exact) mass is 387 g/mol. The molecule has 1 radical (unpaired) electrons. The summed E-state index contributed by atoms with van der Waals surface area (Å²) in [5.74, 6) is -5.34. The number of halogens is 6. The molecular weight excluding hydrogens is 374 g/mol. The number of carbonyl (C=O) groups is 1. The van der Waals surface area contributed by atoms with E-state index in [-0.39, 0.29) is 17.1 Å². The number of carbonyl (C=O) groups excluding carboxylic acids is 1. The normalized spacial score (nSPS) is 12.5. The van der Waals surface area contributed by atoms with E-state index in [2.05, 4.69) is 26.2 Å². The summed E-state index contributed by atoms with van der Waals surface area (Å²) < 4.78 is 73.2. The molecule has 11 heteroatoms. The van der Waals surface area contributed by atoms with Crippen LogP contribution in [0.25, 0.3) is 0 Å². The minimum Gasteiger partial charge on any atom is -0.550 e. The predicted octanol–water partition coefficient (Wildman–Crippen LogP) is 4.10. The Bertz CT molecular complexity index is 370.